The molecule has 0 spiro atoms. The van der Waals surface area contributed by atoms with E-state index >= 15 is 0 Å². The lowest BCUT2D eigenvalue weighted by molar-refractivity contribution is 0.0351. The normalized spacial score (nSPS) is 13.6. The highest BCUT2D eigenvalue weighted by Crippen LogP contribution is 2.18. The van der Waals surface area contributed by atoms with Gasteiger partial charge < -0.3 is 4.90 Å². The number of carbonyl (C=O) groups excluding carboxylic acids is 1. The fourth-order valence-electron chi connectivity index (χ4n) is 2.49. The molecule has 108 valence electrons. The number of nitrogens with one attached hydrogen (secondary N) is 1. The van der Waals surface area contributed by atoms with Gasteiger partial charge in [0.1, 0.15) is 0 Å². The van der Waals surface area contributed by atoms with Gasteiger partial charge in [-0.05, 0) is 23.1 Å². The van der Waals surface area contributed by atoms with Gasteiger partial charge in [0.05, 0.1) is 6.61 Å². The minimum atomic E-state index is -0.180. The van der Waals surface area contributed by atoms with E-state index in [0.717, 1.165) is 18.5 Å². The van der Waals surface area contributed by atoms with Crippen LogP contribution in [-0.4, -0.2) is 17.5 Å². The Labute approximate surface area is 124 Å². The highest BCUT2D eigenvalue weighted by Gasteiger charge is 2.20. The molecule has 1 aliphatic rings. The van der Waals surface area contributed by atoms with Gasteiger partial charge in [-0.2, -0.15) is 0 Å². The summed E-state index contributed by atoms with van der Waals surface area (Å²) in [6.45, 7) is 1.73. The fraction of sp³-hybridized carbons (Fsp3) is 0.235. The first-order valence-corrected chi connectivity index (χ1v) is 7.10. The predicted molar refractivity (Wildman–Crippen MR) is 80.3 cm³/mol. The highest BCUT2D eigenvalue weighted by atomic mass is 16.7. The van der Waals surface area contributed by atoms with Crippen LogP contribution in [-0.2, 0) is 24.4 Å². The Morgan fingerprint density at radius 3 is 2.57 bits per heavy atom. The van der Waals surface area contributed by atoms with E-state index in [1.54, 1.807) is 4.90 Å². The SMILES string of the molecule is O=C(NOCc1ccccc1)N1CCc2ccccc2C1. The van der Waals surface area contributed by atoms with Crippen LogP contribution in [0.3, 0.4) is 0 Å². The quantitative estimate of drug-likeness (QED) is 0.880. The molecule has 0 unspecified atom stereocenters. The van der Waals surface area contributed by atoms with Gasteiger partial charge in [-0.25, -0.2) is 10.3 Å². The van der Waals surface area contributed by atoms with Crippen LogP contribution in [0.5, 0.6) is 0 Å². The van der Waals surface area contributed by atoms with Gasteiger partial charge >= 0.3 is 6.03 Å². The first kappa shape index (κ1) is 13.6. The smallest absolute Gasteiger partial charge is 0.318 e. The number of hydrogen-bond acceptors (Lipinski definition) is 2. The molecule has 4 heteroatoms. The van der Waals surface area contributed by atoms with Gasteiger partial charge in [0.15, 0.2) is 0 Å². The van der Waals surface area contributed by atoms with E-state index in [9.17, 15) is 4.79 Å². The van der Waals surface area contributed by atoms with Crippen molar-refractivity contribution in [1.29, 1.82) is 0 Å². The van der Waals surface area contributed by atoms with Crippen molar-refractivity contribution in [1.82, 2.24) is 10.4 Å². The number of fused-ring (bicyclic) bond motifs is 1. The third-order valence-corrected chi connectivity index (χ3v) is 3.66. The Kier molecular flexibility index (Phi) is 4.17. The molecule has 0 atom stereocenters. The first-order valence-electron chi connectivity index (χ1n) is 7.10. The number of benzene rings is 2. The molecule has 2 aromatic carbocycles. The molecule has 1 N–H and O–H groups in total. The predicted octanol–water partition coefficient (Wildman–Crippen LogP) is 2.89. The Bertz CT molecular complexity index is 613. The van der Waals surface area contributed by atoms with E-state index in [0.29, 0.717) is 13.2 Å². The second-order valence-electron chi connectivity index (χ2n) is 5.12. The van der Waals surface area contributed by atoms with Gasteiger partial charge in [-0.15, -0.1) is 0 Å². The van der Waals surface area contributed by atoms with E-state index in [1.165, 1.54) is 11.1 Å². The van der Waals surface area contributed by atoms with Crippen molar-refractivity contribution in [3.05, 3.63) is 71.3 Å². The first-order chi connectivity index (χ1) is 10.3. The zero-order valence-electron chi connectivity index (χ0n) is 11.8. The Morgan fingerprint density at radius 2 is 1.76 bits per heavy atom. The number of nitrogens with zero attached hydrogens (tertiary/aromatic N) is 1. The van der Waals surface area contributed by atoms with Crippen molar-refractivity contribution >= 4 is 6.03 Å². The Hall–Kier alpha value is -2.33. The lowest BCUT2D eigenvalue weighted by Crippen LogP contribution is -2.42. The molecule has 2 aromatic rings. The molecule has 0 saturated heterocycles. The number of amides is 2. The fourth-order valence-corrected chi connectivity index (χ4v) is 2.49. The molecule has 0 aliphatic carbocycles. The molecule has 0 radical (unpaired) electrons. The molecule has 4 nitrogen and oxygen atoms in total. The average Bonchev–Trinajstić information content (AvgIpc) is 2.55. The number of hydroxylamine groups is 1. The maximum Gasteiger partial charge on any atom is 0.341 e. The summed E-state index contributed by atoms with van der Waals surface area (Å²) in [4.78, 5) is 19.1. The van der Waals surface area contributed by atoms with Gasteiger partial charge in [0.2, 0.25) is 0 Å². The Balaban J connectivity index is 1.50. The minimum absolute atomic E-state index is 0.180. The standard InChI is InChI=1S/C17H18N2O2/c20-17(18-21-13-14-6-2-1-3-7-14)19-11-10-15-8-4-5-9-16(15)12-19/h1-9H,10-13H2,(H,18,20). The van der Waals surface area contributed by atoms with E-state index in [2.05, 4.69) is 17.6 Å². The van der Waals surface area contributed by atoms with E-state index in [-0.39, 0.29) is 6.03 Å². The summed E-state index contributed by atoms with van der Waals surface area (Å²) in [5, 5.41) is 0. The van der Waals surface area contributed by atoms with E-state index in [1.807, 2.05) is 42.5 Å². The zero-order valence-corrected chi connectivity index (χ0v) is 11.8. The summed E-state index contributed by atoms with van der Waals surface area (Å²) in [5.74, 6) is 0. The van der Waals surface area contributed by atoms with Gasteiger partial charge in [0, 0.05) is 13.1 Å². The van der Waals surface area contributed by atoms with Crippen molar-refractivity contribution in [3.8, 4) is 0 Å². The summed E-state index contributed by atoms with van der Waals surface area (Å²) in [5.41, 5.74) is 6.08. The minimum Gasteiger partial charge on any atom is -0.318 e. The zero-order chi connectivity index (χ0) is 14.5. The largest absolute Gasteiger partial charge is 0.341 e. The van der Waals surface area contributed by atoms with Crippen molar-refractivity contribution in [2.45, 2.75) is 19.6 Å². The third-order valence-electron chi connectivity index (χ3n) is 3.66. The third kappa shape index (κ3) is 3.41. The molecular weight excluding hydrogens is 264 g/mol. The van der Waals surface area contributed by atoms with Crippen molar-refractivity contribution in [3.63, 3.8) is 0 Å². The molecule has 0 fully saturated rings. The van der Waals surface area contributed by atoms with Crippen LogP contribution in [0.4, 0.5) is 4.79 Å². The molecule has 0 bridgehead atoms. The lowest BCUT2D eigenvalue weighted by atomic mass is 10.0. The molecule has 3 rings (SSSR count). The number of hydrogen-bond donors (Lipinski definition) is 1. The molecule has 2 amide bonds. The molecule has 1 heterocycles. The molecule has 1 aliphatic heterocycles. The summed E-state index contributed by atoms with van der Waals surface area (Å²) in [6.07, 6.45) is 0.891. The second kappa shape index (κ2) is 6.41. The molecular formula is C17H18N2O2. The summed E-state index contributed by atoms with van der Waals surface area (Å²) in [6, 6.07) is 17.8. The van der Waals surface area contributed by atoms with Crippen molar-refractivity contribution in [2.24, 2.45) is 0 Å². The number of rotatable bonds is 3. The van der Waals surface area contributed by atoms with Crippen LogP contribution < -0.4 is 5.48 Å². The number of carbonyl (C=O) groups is 1. The van der Waals surface area contributed by atoms with Crippen LogP contribution >= 0.6 is 0 Å². The van der Waals surface area contributed by atoms with Crippen molar-refractivity contribution in [2.75, 3.05) is 6.54 Å². The van der Waals surface area contributed by atoms with Crippen molar-refractivity contribution < 1.29 is 9.63 Å². The van der Waals surface area contributed by atoms with Crippen LogP contribution in [0.2, 0.25) is 0 Å². The van der Waals surface area contributed by atoms with Gasteiger partial charge in [0.25, 0.3) is 0 Å². The highest BCUT2D eigenvalue weighted by molar-refractivity contribution is 5.73. The van der Waals surface area contributed by atoms with Crippen LogP contribution in [0, 0.1) is 0 Å². The van der Waals surface area contributed by atoms with Gasteiger partial charge in [-0.3, -0.25) is 4.84 Å². The second-order valence-corrected chi connectivity index (χ2v) is 5.12. The van der Waals surface area contributed by atoms with E-state index < -0.39 is 0 Å². The number of urea groups is 1. The lowest BCUT2D eigenvalue weighted by Gasteiger charge is -2.28. The molecule has 0 aromatic heterocycles. The maximum absolute atomic E-state index is 12.1. The summed E-state index contributed by atoms with van der Waals surface area (Å²) >= 11 is 0. The van der Waals surface area contributed by atoms with Crippen LogP contribution in [0.15, 0.2) is 54.6 Å². The van der Waals surface area contributed by atoms with Gasteiger partial charge in [-0.1, -0.05) is 54.6 Å². The van der Waals surface area contributed by atoms with Crippen LogP contribution in [0.1, 0.15) is 16.7 Å². The molecule has 0 saturated carbocycles. The van der Waals surface area contributed by atoms with Crippen LogP contribution in [0.25, 0.3) is 0 Å². The maximum atomic E-state index is 12.1. The average molecular weight is 282 g/mol. The van der Waals surface area contributed by atoms with E-state index in [4.69, 9.17) is 4.84 Å². The summed E-state index contributed by atoms with van der Waals surface area (Å²) in [7, 11) is 0. The monoisotopic (exact) mass is 282 g/mol. The summed E-state index contributed by atoms with van der Waals surface area (Å²) < 4.78 is 0. The topological polar surface area (TPSA) is 41.6 Å². The Morgan fingerprint density at radius 1 is 1.05 bits per heavy atom. The molecule has 21 heavy (non-hydrogen) atoms.